The molecular formula is C17H19ClN4O. The van der Waals surface area contributed by atoms with Crippen LogP contribution in [0.3, 0.4) is 0 Å². The number of fused-ring (bicyclic) bond motifs is 4. The Balaban J connectivity index is 2.09. The molecule has 1 aromatic carbocycles. The van der Waals surface area contributed by atoms with Crippen LogP contribution >= 0.6 is 11.6 Å². The standard InChI is InChI=1S/C17H19ClN4O/c1-10-5-4-7-12(19)17-21-15(16(18)22-17)11-6-2-3-8-13(11)20-14(23)9-10/h2-6,8,10,12H,7,9,19H2,1H3,(H,20,23)(H,21,22)/b5-4+/t10?,12-/m0/s1. The molecule has 0 fully saturated rings. The molecule has 0 saturated heterocycles. The van der Waals surface area contributed by atoms with Crippen molar-refractivity contribution in [2.45, 2.75) is 25.8 Å². The number of nitrogens with one attached hydrogen (secondary N) is 2. The van der Waals surface area contributed by atoms with Gasteiger partial charge >= 0.3 is 0 Å². The van der Waals surface area contributed by atoms with Gasteiger partial charge in [0.2, 0.25) is 5.91 Å². The summed E-state index contributed by atoms with van der Waals surface area (Å²) in [5.74, 6) is 0.748. The lowest BCUT2D eigenvalue weighted by molar-refractivity contribution is -0.116. The van der Waals surface area contributed by atoms with Gasteiger partial charge in [-0.25, -0.2) is 4.98 Å². The van der Waals surface area contributed by atoms with E-state index in [4.69, 9.17) is 17.3 Å². The quantitative estimate of drug-likeness (QED) is 0.644. The summed E-state index contributed by atoms with van der Waals surface area (Å²) in [5, 5.41) is 3.37. The van der Waals surface area contributed by atoms with Gasteiger partial charge in [-0.15, -0.1) is 0 Å². The monoisotopic (exact) mass is 330 g/mol. The van der Waals surface area contributed by atoms with Crippen molar-refractivity contribution in [3.05, 3.63) is 47.4 Å². The summed E-state index contributed by atoms with van der Waals surface area (Å²) in [6, 6.07) is 7.22. The fourth-order valence-corrected chi connectivity index (χ4v) is 2.89. The largest absolute Gasteiger partial charge is 0.331 e. The van der Waals surface area contributed by atoms with Gasteiger partial charge in [-0.2, -0.15) is 0 Å². The van der Waals surface area contributed by atoms with E-state index in [0.717, 1.165) is 5.56 Å². The number of allylic oxidation sites excluding steroid dienone is 1. The van der Waals surface area contributed by atoms with Gasteiger partial charge in [0.05, 0.1) is 11.7 Å². The summed E-state index contributed by atoms with van der Waals surface area (Å²) in [4.78, 5) is 19.8. The van der Waals surface area contributed by atoms with Crippen LogP contribution < -0.4 is 11.1 Å². The van der Waals surface area contributed by atoms with Crippen LogP contribution in [0.15, 0.2) is 36.4 Å². The number of imidazole rings is 1. The van der Waals surface area contributed by atoms with Crippen molar-refractivity contribution in [2.24, 2.45) is 11.7 Å². The van der Waals surface area contributed by atoms with Gasteiger partial charge in [0.1, 0.15) is 16.7 Å². The summed E-state index contributed by atoms with van der Waals surface area (Å²) >= 11 is 6.30. The fraction of sp³-hybridized carbons (Fsp3) is 0.294. The first kappa shape index (κ1) is 15.8. The zero-order valence-corrected chi connectivity index (χ0v) is 13.6. The predicted octanol–water partition coefficient (Wildman–Crippen LogP) is 3.65. The van der Waals surface area contributed by atoms with E-state index in [2.05, 4.69) is 15.3 Å². The molecule has 1 aliphatic heterocycles. The number of rotatable bonds is 0. The Morgan fingerprint density at radius 1 is 1.35 bits per heavy atom. The molecule has 2 heterocycles. The van der Waals surface area contributed by atoms with E-state index in [1.165, 1.54) is 0 Å². The molecule has 1 aliphatic rings. The molecule has 23 heavy (non-hydrogen) atoms. The van der Waals surface area contributed by atoms with Crippen molar-refractivity contribution in [2.75, 3.05) is 5.32 Å². The Kier molecular flexibility index (Phi) is 4.50. The molecule has 120 valence electrons. The number of amides is 1. The summed E-state index contributed by atoms with van der Waals surface area (Å²) in [7, 11) is 0. The number of aromatic amines is 1. The molecule has 4 N–H and O–H groups in total. The molecule has 0 saturated carbocycles. The van der Waals surface area contributed by atoms with Gasteiger partial charge in [-0.3, -0.25) is 4.79 Å². The van der Waals surface area contributed by atoms with E-state index in [0.29, 0.717) is 35.2 Å². The number of nitrogens with two attached hydrogens (primary N) is 1. The Hall–Kier alpha value is -2.11. The second kappa shape index (κ2) is 6.56. The van der Waals surface area contributed by atoms with Crippen LogP contribution in [0.1, 0.15) is 31.6 Å². The topological polar surface area (TPSA) is 83.8 Å². The predicted molar refractivity (Wildman–Crippen MR) is 92.1 cm³/mol. The molecular weight excluding hydrogens is 312 g/mol. The molecule has 0 radical (unpaired) electrons. The molecule has 5 nitrogen and oxygen atoms in total. The van der Waals surface area contributed by atoms with Crippen molar-refractivity contribution in [1.82, 2.24) is 9.97 Å². The average Bonchev–Trinajstić information content (AvgIpc) is 2.89. The van der Waals surface area contributed by atoms with Crippen LogP contribution in [0.2, 0.25) is 5.15 Å². The zero-order valence-electron chi connectivity index (χ0n) is 12.8. The minimum atomic E-state index is -0.263. The average molecular weight is 331 g/mol. The van der Waals surface area contributed by atoms with Crippen LogP contribution in [0.5, 0.6) is 0 Å². The van der Waals surface area contributed by atoms with Gasteiger partial charge < -0.3 is 16.0 Å². The number of aromatic nitrogens is 2. The van der Waals surface area contributed by atoms with Crippen LogP contribution in [0.25, 0.3) is 11.3 Å². The van der Waals surface area contributed by atoms with Crippen molar-refractivity contribution in [3.63, 3.8) is 0 Å². The van der Waals surface area contributed by atoms with Gasteiger partial charge in [0.15, 0.2) is 0 Å². The molecule has 2 bridgehead atoms. The Morgan fingerprint density at radius 2 is 2.13 bits per heavy atom. The van der Waals surface area contributed by atoms with Gasteiger partial charge in [-0.1, -0.05) is 48.9 Å². The lowest BCUT2D eigenvalue weighted by Gasteiger charge is -2.11. The van der Waals surface area contributed by atoms with Gasteiger partial charge in [0.25, 0.3) is 0 Å². The lowest BCUT2D eigenvalue weighted by atomic mass is 10.0. The maximum absolute atomic E-state index is 12.2. The second-order valence-electron chi connectivity index (χ2n) is 5.83. The molecule has 0 spiro atoms. The molecule has 3 rings (SSSR count). The first-order chi connectivity index (χ1) is 11.0. The van der Waals surface area contributed by atoms with Crippen LogP contribution in [0.4, 0.5) is 5.69 Å². The summed E-state index contributed by atoms with van der Waals surface area (Å²) < 4.78 is 0. The highest BCUT2D eigenvalue weighted by Gasteiger charge is 2.19. The minimum absolute atomic E-state index is 0.0370. The third-order valence-electron chi connectivity index (χ3n) is 3.85. The minimum Gasteiger partial charge on any atom is -0.331 e. The van der Waals surface area contributed by atoms with E-state index in [1.54, 1.807) is 0 Å². The summed E-state index contributed by atoms with van der Waals surface area (Å²) in [5.41, 5.74) is 8.25. The van der Waals surface area contributed by atoms with Crippen LogP contribution in [-0.4, -0.2) is 15.9 Å². The summed E-state index contributed by atoms with van der Waals surface area (Å²) in [6.07, 6.45) is 5.05. The Labute approximate surface area is 139 Å². The molecule has 1 unspecified atom stereocenters. The number of hydrogen-bond acceptors (Lipinski definition) is 3. The Bertz CT molecular complexity index is 753. The number of carbonyl (C=O) groups is 1. The first-order valence-corrected chi connectivity index (χ1v) is 7.99. The number of halogens is 1. The Morgan fingerprint density at radius 3 is 2.96 bits per heavy atom. The maximum atomic E-state index is 12.2. The SMILES string of the molecule is CC1/C=C/C[C@H](N)c2nc(c(Cl)[nH]2)-c2ccccc2NC(=O)C1. The highest BCUT2D eigenvalue weighted by molar-refractivity contribution is 6.32. The normalized spacial score (nSPS) is 23.0. The molecule has 2 atom stereocenters. The highest BCUT2D eigenvalue weighted by atomic mass is 35.5. The molecule has 2 aromatic rings. The van der Waals surface area contributed by atoms with Crippen molar-refractivity contribution >= 4 is 23.2 Å². The molecule has 1 aromatic heterocycles. The lowest BCUT2D eigenvalue weighted by Crippen LogP contribution is -2.15. The van der Waals surface area contributed by atoms with Crippen LogP contribution in [-0.2, 0) is 4.79 Å². The van der Waals surface area contributed by atoms with Gasteiger partial charge in [0, 0.05) is 12.0 Å². The van der Waals surface area contributed by atoms with Crippen molar-refractivity contribution in [3.8, 4) is 11.3 Å². The first-order valence-electron chi connectivity index (χ1n) is 7.61. The van der Waals surface area contributed by atoms with E-state index in [1.807, 2.05) is 43.3 Å². The van der Waals surface area contributed by atoms with Crippen molar-refractivity contribution in [1.29, 1.82) is 0 Å². The number of carbonyl (C=O) groups excluding carboxylic acids is 1. The number of para-hydroxylation sites is 1. The number of benzene rings is 1. The number of anilines is 1. The fourth-order valence-electron chi connectivity index (χ4n) is 2.65. The third-order valence-corrected chi connectivity index (χ3v) is 4.12. The van der Waals surface area contributed by atoms with Crippen molar-refractivity contribution < 1.29 is 4.79 Å². The number of nitrogens with zero attached hydrogens (tertiary/aromatic N) is 1. The number of H-pyrrole nitrogens is 1. The van der Waals surface area contributed by atoms with Gasteiger partial charge in [-0.05, 0) is 18.4 Å². The second-order valence-corrected chi connectivity index (χ2v) is 6.21. The summed E-state index contributed by atoms with van der Waals surface area (Å²) in [6.45, 7) is 2.01. The molecule has 0 aliphatic carbocycles. The van der Waals surface area contributed by atoms with E-state index < -0.39 is 0 Å². The number of hydrogen-bond donors (Lipinski definition) is 3. The third kappa shape index (κ3) is 3.46. The van der Waals surface area contributed by atoms with E-state index in [9.17, 15) is 4.79 Å². The van der Waals surface area contributed by atoms with E-state index >= 15 is 0 Å². The molecule has 6 heteroatoms. The smallest absolute Gasteiger partial charge is 0.224 e. The maximum Gasteiger partial charge on any atom is 0.224 e. The van der Waals surface area contributed by atoms with Crippen LogP contribution in [0, 0.1) is 5.92 Å². The zero-order chi connectivity index (χ0) is 16.4. The van der Waals surface area contributed by atoms with E-state index in [-0.39, 0.29) is 17.9 Å². The highest BCUT2D eigenvalue weighted by Crippen LogP contribution is 2.33. The molecule has 1 amide bonds.